The standard InChI is InChI=1S/C5H2ClF7O2/c6-2(14)15-1-3(7,8)4(9,10)5(11,12)13/h1H2. The molecule has 90 valence electrons. The topological polar surface area (TPSA) is 26.3 Å². The average molecular weight is 263 g/mol. The molecule has 0 aliphatic carbocycles. The highest BCUT2D eigenvalue weighted by molar-refractivity contribution is 6.61. The first-order valence-electron chi connectivity index (χ1n) is 3.06. The summed E-state index contributed by atoms with van der Waals surface area (Å²) in [5.41, 5.74) is -1.91. The van der Waals surface area contributed by atoms with E-state index in [2.05, 4.69) is 16.3 Å². The van der Waals surface area contributed by atoms with Crippen molar-refractivity contribution in [1.29, 1.82) is 0 Å². The van der Waals surface area contributed by atoms with Gasteiger partial charge in [-0.2, -0.15) is 30.7 Å². The number of rotatable bonds is 3. The Morgan fingerprint density at radius 1 is 1.07 bits per heavy atom. The van der Waals surface area contributed by atoms with Crippen LogP contribution >= 0.6 is 11.6 Å². The molecule has 0 N–H and O–H groups in total. The van der Waals surface area contributed by atoms with Gasteiger partial charge < -0.3 is 4.74 Å². The molecule has 10 heteroatoms. The van der Waals surface area contributed by atoms with Crippen LogP contribution < -0.4 is 0 Å². The molecule has 0 saturated heterocycles. The van der Waals surface area contributed by atoms with Crippen molar-refractivity contribution in [2.75, 3.05) is 6.61 Å². The third-order valence-electron chi connectivity index (χ3n) is 1.18. The maximum atomic E-state index is 12.3. The minimum atomic E-state index is -6.45. The van der Waals surface area contributed by atoms with E-state index in [4.69, 9.17) is 0 Å². The second-order valence-electron chi connectivity index (χ2n) is 2.30. The highest BCUT2D eigenvalue weighted by atomic mass is 35.5. The van der Waals surface area contributed by atoms with E-state index in [1.54, 1.807) is 0 Å². The Morgan fingerprint density at radius 3 is 1.73 bits per heavy atom. The molecule has 0 fully saturated rings. The number of hydrogen-bond donors (Lipinski definition) is 0. The predicted octanol–water partition coefficient (Wildman–Crippen LogP) is 3.19. The molecular weight excluding hydrogens is 260 g/mol. The van der Waals surface area contributed by atoms with Gasteiger partial charge in [0.15, 0.2) is 6.61 Å². The number of carbonyl (C=O) groups is 1. The van der Waals surface area contributed by atoms with Crippen molar-refractivity contribution in [3.05, 3.63) is 0 Å². The minimum absolute atomic E-state index is 1.91. The summed E-state index contributed by atoms with van der Waals surface area (Å²) in [5.74, 6) is -11.9. The lowest BCUT2D eigenvalue weighted by Gasteiger charge is -2.27. The van der Waals surface area contributed by atoms with Crippen LogP contribution in [0.2, 0.25) is 0 Å². The van der Waals surface area contributed by atoms with E-state index < -0.39 is 30.1 Å². The number of alkyl halides is 7. The molecule has 0 aromatic carbocycles. The van der Waals surface area contributed by atoms with Crippen LogP contribution in [-0.2, 0) is 4.74 Å². The fourth-order valence-electron chi connectivity index (χ4n) is 0.445. The molecule has 0 bridgehead atoms. The zero-order valence-electron chi connectivity index (χ0n) is 6.55. The normalized spacial score (nSPS) is 13.9. The second kappa shape index (κ2) is 4.03. The van der Waals surface area contributed by atoms with Crippen LogP contribution in [0.5, 0.6) is 0 Å². The highest BCUT2D eigenvalue weighted by Crippen LogP contribution is 2.46. The van der Waals surface area contributed by atoms with Gasteiger partial charge in [0.25, 0.3) is 0 Å². The van der Waals surface area contributed by atoms with Crippen molar-refractivity contribution in [3.63, 3.8) is 0 Å². The Balaban J connectivity index is 4.77. The van der Waals surface area contributed by atoms with Gasteiger partial charge in [-0.3, -0.25) is 0 Å². The van der Waals surface area contributed by atoms with Crippen molar-refractivity contribution < 1.29 is 40.3 Å². The summed E-state index contributed by atoms with van der Waals surface area (Å²) in [6.07, 6.45) is -6.45. The number of ether oxygens (including phenoxy) is 1. The lowest BCUT2D eigenvalue weighted by atomic mass is 10.2. The fourth-order valence-corrected chi connectivity index (χ4v) is 0.500. The second-order valence-corrected chi connectivity index (χ2v) is 2.61. The first-order valence-corrected chi connectivity index (χ1v) is 3.44. The highest BCUT2D eigenvalue weighted by Gasteiger charge is 2.73. The molecule has 0 aliphatic rings. The number of hydrogen-bond acceptors (Lipinski definition) is 2. The van der Waals surface area contributed by atoms with E-state index in [-0.39, 0.29) is 0 Å². The van der Waals surface area contributed by atoms with E-state index in [1.165, 1.54) is 0 Å². The van der Waals surface area contributed by atoms with Crippen molar-refractivity contribution in [1.82, 2.24) is 0 Å². The van der Waals surface area contributed by atoms with Crippen LogP contribution in [-0.4, -0.2) is 30.1 Å². The van der Waals surface area contributed by atoms with E-state index in [1.807, 2.05) is 0 Å². The lowest BCUT2D eigenvalue weighted by molar-refractivity contribution is -0.358. The maximum absolute atomic E-state index is 12.3. The van der Waals surface area contributed by atoms with E-state index in [0.717, 1.165) is 0 Å². The summed E-state index contributed by atoms with van der Waals surface area (Å²) >= 11 is 4.33. The van der Waals surface area contributed by atoms with Crippen molar-refractivity contribution in [2.45, 2.75) is 18.0 Å². The molecule has 0 aromatic rings. The summed E-state index contributed by atoms with van der Waals surface area (Å²) in [5, 5.41) is 0. The van der Waals surface area contributed by atoms with Crippen LogP contribution in [0.1, 0.15) is 0 Å². The zero-order chi connectivity index (χ0) is 12.5. The molecule has 0 unspecified atom stereocenters. The van der Waals surface area contributed by atoms with Crippen molar-refractivity contribution in [3.8, 4) is 0 Å². The van der Waals surface area contributed by atoms with Gasteiger partial charge in [-0.15, -0.1) is 0 Å². The molecular formula is C5H2ClF7O2. The fraction of sp³-hybridized carbons (Fsp3) is 0.800. The maximum Gasteiger partial charge on any atom is 0.460 e. The third kappa shape index (κ3) is 3.11. The van der Waals surface area contributed by atoms with Crippen LogP contribution in [0.25, 0.3) is 0 Å². The Labute approximate surface area is 82.9 Å². The summed E-state index contributed by atoms with van der Waals surface area (Å²) in [7, 11) is 0. The summed E-state index contributed by atoms with van der Waals surface area (Å²) in [4.78, 5) is 9.75. The van der Waals surface area contributed by atoms with Crippen LogP contribution in [0.4, 0.5) is 35.5 Å². The summed E-state index contributed by atoms with van der Waals surface area (Å²) in [6, 6.07) is 0. The largest absolute Gasteiger partial charge is 0.460 e. The predicted molar refractivity (Wildman–Crippen MR) is 33.2 cm³/mol. The average Bonchev–Trinajstić information content (AvgIpc) is 1.98. The van der Waals surface area contributed by atoms with Gasteiger partial charge in [0.05, 0.1) is 0 Å². The van der Waals surface area contributed by atoms with Gasteiger partial charge in [-0.05, 0) is 0 Å². The van der Waals surface area contributed by atoms with Gasteiger partial charge in [0.1, 0.15) is 0 Å². The van der Waals surface area contributed by atoms with Crippen LogP contribution in [0.3, 0.4) is 0 Å². The molecule has 0 heterocycles. The molecule has 0 saturated carbocycles. The minimum Gasteiger partial charge on any atom is -0.447 e. The van der Waals surface area contributed by atoms with Crippen molar-refractivity contribution >= 4 is 17.0 Å². The first-order chi connectivity index (χ1) is 6.42. The Morgan fingerprint density at radius 2 is 1.47 bits per heavy atom. The SMILES string of the molecule is O=C(Cl)OCC(F)(F)C(F)(F)C(F)(F)F. The molecule has 0 aliphatic heterocycles. The molecule has 0 aromatic heterocycles. The lowest BCUT2D eigenvalue weighted by Crippen LogP contribution is -2.54. The third-order valence-corrected chi connectivity index (χ3v) is 1.29. The van der Waals surface area contributed by atoms with Gasteiger partial charge >= 0.3 is 23.4 Å². The summed E-state index contributed by atoms with van der Waals surface area (Å²) < 4.78 is 86.1. The van der Waals surface area contributed by atoms with Gasteiger partial charge in [-0.1, -0.05) is 0 Å². The quantitative estimate of drug-likeness (QED) is 0.577. The molecule has 0 spiro atoms. The monoisotopic (exact) mass is 262 g/mol. The molecule has 0 rings (SSSR count). The Kier molecular flexibility index (Phi) is 3.83. The molecule has 0 amide bonds. The first kappa shape index (κ1) is 14.3. The van der Waals surface area contributed by atoms with Gasteiger partial charge in [0, 0.05) is 11.6 Å². The summed E-state index contributed by atoms with van der Waals surface area (Å²) in [6.45, 7) is -2.46. The van der Waals surface area contributed by atoms with Gasteiger partial charge in [-0.25, -0.2) is 4.79 Å². The Hall–Kier alpha value is -0.730. The van der Waals surface area contributed by atoms with E-state index >= 15 is 0 Å². The van der Waals surface area contributed by atoms with Gasteiger partial charge in [0.2, 0.25) is 0 Å². The molecule has 0 atom stereocenters. The van der Waals surface area contributed by atoms with E-state index in [9.17, 15) is 35.5 Å². The van der Waals surface area contributed by atoms with E-state index in [0.29, 0.717) is 0 Å². The number of halogens is 8. The molecule has 2 nitrogen and oxygen atoms in total. The van der Waals surface area contributed by atoms with Crippen LogP contribution in [0, 0.1) is 0 Å². The molecule has 15 heavy (non-hydrogen) atoms. The zero-order valence-corrected chi connectivity index (χ0v) is 7.30. The smallest absolute Gasteiger partial charge is 0.447 e. The van der Waals surface area contributed by atoms with Crippen molar-refractivity contribution in [2.24, 2.45) is 0 Å². The number of carbonyl (C=O) groups excluding carboxylic acids is 1. The molecule has 0 radical (unpaired) electrons. The Bertz CT molecular complexity index is 248. The van der Waals surface area contributed by atoms with Crippen LogP contribution in [0.15, 0.2) is 0 Å².